The number of aliphatic hydroxyl groups is 1. The van der Waals surface area contributed by atoms with Crippen molar-refractivity contribution < 1.29 is 9.90 Å². The molecule has 0 spiro atoms. The van der Waals surface area contributed by atoms with Gasteiger partial charge in [0.25, 0.3) is 0 Å². The number of nitrogens with zero attached hydrogens (tertiary/aromatic N) is 4. The highest BCUT2D eigenvalue weighted by Gasteiger charge is 2.24. The van der Waals surface area contributed by atoms with Crippen molar-refractivity contribution in [3.8, 4) is 18.0 Å². The van der Waals surface area contributed by atoms with E-state index in [2.05, 4.69) is 26.4 Å². The van der Waals surface area contributed by atoms with Crippen molar-refractivity contribution in [1.29, 1.82) is 0 Å². The number of terminal acetylenes is 1. The molecule has 0 aliphatic carbocycles. The molecule has 25 heavy (non-hydrogen) atoms. The average molecular weight is 339 g/mol. The summed E-state index contributed by atoms with van der Waals surface area (Å²) in [7, 11) is 0. The number of aromatic nitrogens is 3. The second-order valence-corrected chi connectivity index (χ2v) is 6.10. The first-order valence-corrected chi connectivity index (χ1v) is 8.29. The number of likely N-dealkylation sites (tertiary alicyclic amines) is 1. The average Bonchev–Trinajstić information content (AvgIpc) is 3.12. The van der Waals surface area contributed by atoms with Gasteiger partial charge in [0.2, 0.25) is 5.91 Å². The summed E-state index contributed by atoms with van der Waals surface area (Å²) in [4.78, 5) is 14.6. The van der Waals surface area contributed by atoms with Gasteiger partial charge in [-0.2, -0.15) is 0 Å². The lowest BCUT2D eigenvalue weighted by Crippen LogP contribution is -2.38. The lowest BCUT2D eigenvalue weighted by molar-refractivity contribution is -0.121. The van der Waals surface area contributed by atoms with Gasteiger partial charge in [0.1, 0.15) is 5.69 Å². The topological polar surface area (TPSA) is 83.3 Å². The SMILES string of the molecule is C#CCN1CCC(C(=O)Nc2ccc(-n3cc(CO)nn3)cc2)CC1. The molecule has 1 aromatic heterocycles. The van der Waals surface area contributed by atoms with Crippen molar-refractivity contribution in [2.45, 2.75) is 19.4 Å². The normalized spacial score (nSPS) is 15.7. The molecule has 2 N–H and O–H groups in total. The quantitative estimate of drug-likeness (QED) is 0.796. The fourth-order valence-electron chi connectivity index (χ4n) is 2.92. The molecule has 130 valence electrons. The first-order valence-electron chi connectivity index (χ1n) is 8.29. The fraction of sp³-hybridized carbons (Fsp3) is 0.389. The lowest BCUT2D eigenvalue weighted by atomic mass is 9.96. The van der Waals surface area contributed by atoms with Gasteiger partial charge in [0.05, 0.1) is 25.0 Å². The smallest absolute Gasteiger partial charge is 0.227 e. The van der Waals surface area contributed by atoms with E-state index in [1.807, 2.05) is 24.3 Å². The number of carbonyl (C=O) groups excluding carboxylic acids is 1. The number of rotatable bonds is 5. The van der Waals surface area contributed by atoms with Crippen LogP contribution in [0.25, 0.3) is 5.69 Å². The first kappa shape index (κ1) is 17.1. The highest BCUT2D eigenvalue weighted by molar-refractivity contribution is 5.92. The molecule has 1 aliphatic rings. The summed E-state index contributed by atoms with van der Waals surface area (Å²) in [6.45, 7) is 2.23. The summed E-state index contributed by atoms with van der Waals surface area (Å²) in [5.74, 6) is 2.72. The molecule has 1 saturated heterocycles. The van der Waals surface area contributed by atoms with Crippen LogP contribution in [0.3, 0.4) is 0 Å². The van der Waals surface area contributed by atoms with Gasteiger partial charge in [-0.25, -0.2) is 4.68 Å². The minimum Gasteiger partial charge on any atom is -0.390 e. The number of benzene rings is 1. The van der Waals surface area contributed by atoms with Gasteiger partial charge in [-0.1, -0.05) is 11.1 Å². The van der Waals surface area contributed by atoms with Crippen LogP contribution in [0.4, 0.5) is 5.69 Å². The number of hydrogen-bond donors (Lipinski definition) is 2. The molecule has 0 bridgehead atoms. The van der Waals surface area contributed by atoms with Gasteiger partial charge in [-0.05, 0) is 50.2 Å². The van der Waals surface area contributed by atoms with Gasteiger partial charge in [-0.15, -0.1) is 11.5 Å². The summed E-state index contributed by atoms with van der Waals surface area (Å²) in [5, 5.41) is 19.8. The minimum absolute atomic E-state index is 0.0242. The van der Waals surface area contributed by atoms with Crippen molar-refractivity contribution >= 4 is 11.6 Å². The first-order chi connectivity index (χ1) is 12.2. The van der Waals surface area contributed by atoms with Crippen molar-refractivity contribution in [3.05, 3.63) is 36.2 Å². The molecule has 0 radical (unpaired) electrons. The Morgan fingerprint density at radius 3 is 2.64 bits per heavy atom. The van der Waals surface area contributed by atoms with E-state index >= 15 is 0 Å². The molecule has 1 fully saturated rings. The molecule has 1 aromatic carbocycles. The Morgan fingerprint density at radius 1 is 1.32 bits per heavy atom. The number of piperidine rings is 1. The third-order valence-corrected chi connectivity index (χ3v) is 4.38. The zero-order valence-corrected chi connectivity index (χ0v) is 13.9. The lowest BCUT2D eigenvalue weighted by Gasteiger charge is -2.29. The van der Waals surface area contributed by atoms with Crippen LogP contribution >= 0.6 is 0 Å². The summed E-state index contributed by atoms with van der Waals surface area (Å²) < 4.78 is 1.58. The zero-order valence-electron chi connectivity index (χ0n) is 13.9. The Bertz CT molecular complexity index is 755. The Balaban J connectivity index is 1.56. The maximum atomic E-state index is 12.4. The molecule has 7 heteroatoms. The van der Waals surface area contributed by atoms with Crippen LogP contribution in [0.5, 0.6) is 0 Å². The van der Waals surface area contributed by atoms with Crippen LogP contribution in [0.2, 0.25) is 0 Å². The molecule has 0 saturated carbocycles. The summed E-state index contributed by atoms with van der Waals surface area (Å²) in [6.07, 6.45) is 8.65. The van der Waals surface area contributed by atoms with Crippen molar-refractivity contribution in [2.24, 2.45) is 5.92 Å². The van der Waals surface area contributed by atoms with Gasteiger partial charge < -0.3 is 10.4 Å². The third kappa shape index (κ3) is 4.24. The predicted octanol–water partition coefficient (Wildman–Crippen LogP) is 1.04. The van der Waals surface area contributed by atoms with Crippen LogP contribution in [0.1, 0.15) is 18.5 Å². The molecule has 0 unspecified atom stereocenters. The van der Waals surface area contributed by atoms with Crippen molar-refractivity contribution in [3.63, 3.8) is 0 Å². The minimum atomic E-state index is -0.145. The van der Waals surface area contributed by atoms with Crippen molar-refractivity contribution in [2.75, 3.05) is 25.0 Å². The Hall–Kier alpha value is -2.69. The van der Waals surface area contributed by atoms with Crippen LogP contribution in [0, 0.1) is 18.3 Å². The number of aliphatic hydroxyl groups excluding tert-OH is 1. The van der Waals surface area contributed by atoms with Crippen LogP contribution in [-0.2, 0) is 11.4 Å². The van der Waals surface area contributed by atoms with E-state index in [0.29, 0.717) is 12.2 Å². The van der Waals surface area contributed by atoms with E-state index in [9.17, 15) is 4.79 Å². The molecule has 1 aliphatic heterocycles. The molecular weight excluding hydrogens is 318 g/mol. The number of hydrogen-bond acceptors (Lipinski definition) is 5. The highest BCUT2D eigenvalue weighted by Crippen LogP contribution is 2.20. The maximum absolute atomic E-state index is 12.4. The fourth-order valence-corrected chi connectivity index (χ4v) is 2.92. The largest absolute Gasteiger partial charge is 0.390 e. The van der Waals surface area contributed by atoms with Crippen LogP contribution in [0.15, 0.2) is 30.5 Å². The number of carbonyl (C=O) groups is 1. The highest BCUT2D eigenvalue weighted by atomic mass is 16.3. The molecule has 2 heterocycles. The predicted molar refractivity (Wildman–Crippen MR) is 93.9 cm³/mol. The molecule has 1 amide bonds. The summed E-state index contributed by atoms with van der Waals surface area (Å²) >= 11 is 0. The molecule has 2 aromatic rings. The number of anilines is 1. The van der Waals surface area contributed by atoms with E-state index in [1.165, 1.54) is 0 Å². The van der Waals surface area contributed by atoms with Crippen molar-refractivity contribution in [1.82, 2.24) is 19.9 Å². The van der Waals surface area contributed by atoms with E-state index in [4.69, 9.17) is 11.5 Å². The monoisotopic (exact) mass is 339 g/mol. The van der Waals surface area contributed by atoms with Gasteiger partial charge in [0.15, 0.2) is 0 Å². The van der Waals surface area contributed by atoms with E-state index in [1.54, 1.807) is 10.9 Å². The third-order valence-electron chi connectivity index (χ3n) is 4.38. The van der Waals surface area contributed by atoms with E-state index < -0.39 is 0 Å². The summed E-state index contributed by atoms with van der Waals surface area (Å²) in [6, 6.07) is 7.37. The van der Waals surface area contributed by atoms with Crippen LogP contribution in [-0.4, -0.2) is 50.5 Å². The second kappa shape index (κ2) is 7.92. The molecule has 0 atom stereocenters. The van der Waals surface area contributed by atoms with Crippen LogP contribution < -0.4 is 5.32 Å². The van der Waals surface area contributed by atoms with Gasteiger partial charge in [-0.3, -0.25) is 9.69 Å². The summed E-state index contributed by atoms with van der Waals surface area (Å²) in [5.41, 5.74) is 2.07. The molecule has 3 rings (SSSR count). The number of nitrogens with one attached hydrogen (secondary N) is 1. The van der Waals surface area contributed by atoms with E-state index in [0.717, 1.165) is 37.3 Å². The number of amides is 1. The standard InChI is InChI=1S/C18H21N5O2/c1-2-9-22-10-7-14(8-11-22)18(25)19-15-3-5-17(6-4-15)23-12-16(13-24)20-21-23/h1,3-6,12,14,24H,7-11,13H2,(H,19,25). The van der Waals surface area contributed by atoms with E-state index in [-0.39, 0.29) is 18.4 Å². The Morgan fingerprint density at radius 2 is 2.04 bits per heavy atom. The zero-order chi connectivity index (χ0) is 17.6. The van der Waals surface area contributed by atoms with Gasteiger partial charge in [0, 0.05) is 11.6 Å². The molecule has 7 nitrogen and oxygen atoms in total. The second-order valence-electron chi connectivity index (χ2n) is 6.10. The maximum Gasteiger partial charge on any atom is 0.227 e. The Kier molecular flexibility index (Phi) is 5.43. The Labute approximate surface area is 146 Å². The molecular formula is C18H21N5O2. The van der Waals surface area contributed by atoms with Gasteiger partial charge >= 0.3 is 0 Å².